The van der Waals surface area contributed by atoms with Crippen LogP contribution in [-0.2, 0) is 4.79 Å². The molecule has 4 aliphatic carbocycles. The molecule has 0 heterocycles. The number of allylic oxidation sites excluding steroid dienone is 2. The lowest BCUT2D eigenvalue weighted by Gasteiger charge is -2.17. The fourth-order valence-electron chi connectivity index (χ4n) is 3.16. The van der Waals surface area contributed by atoms with E-state index < -0.39 is 5.97 Å². The molecular formula is C9H10O2. The summed E-state index contributed by atoms with van der Waals surface area (Å²) < 4.78 is 0. The number of rotatable bonds is 1. The van der Waals surface area contributed by atoms with Crippen LogP contribution < -0.4 is 0 Å². The van der Waals surface area contributed by atoms with E-state index in [9.17, 15) is 4.79 Å². The van der Waals surface area contributed by atoms with Gasteiger partial charge in [-0.3, -0.25) is 4.79 Å². The predicted molar refractivity (Wildman–Crippen MR) is 38.9 cm³/mol. The highest BCUT2D eigenvalue weighted by Gasteiger charge is 2.73. The number of hydrogen-bond acceptors (Lipinski definition) is 1. The van der Waals surface area contributed by atoms with Crippen molar-refractivity contribution in [1.29, 1.82) is 0 Å². The molecule has 4 atom stereocenters. The van der Waals surface area contributed by atoms with Gasteiger partial charge in [-0.05, 0) is 30.6 Å². The van der Waals surface area contributed by atoms with E-state index in [4.69, 9.17) is 5.11 Å². The van der Waals surface area contributed by atoms with Crippen LogP contribution >= 0.6 is 0 Å². The van der Waals surface area contributed by atoms with Crippen molar-refractivity contribution in [2.75, 3.05) is 0 Å². The van der Waals surface area contributed by atoms with Crippen molar-refractivity contribution in [2.45, 2.75) is 12.8 Å². The van der Waals surface area contributed by atoms with Crippen LogP contribution in [-0.4, -0.2) is 11.1 Å². The Labute approximate surface area is 64.9 Å². The van der Waals surface area contributed by atoms with Crippen LogP contribution in [0.25, 0.3) is 0 Å². The van der Waals surface area contributed by atoms with Crippen LogP contribution in [0.1, 0.15) is 12.8 Å². The quantitative estimate of drug-likeness (QED) is 0.572. The molecule has 2 heteroatoms. The maximum atomic E-state index is 10.9. The second-order valence-electron chi connectivity index (χ2n) is 4.06. The molecule has 0 saturated heterocycles. The largest absolute Gasteiger partial charge is 0.481 e. The molecule has 1 N–H and O–H groups in total. The molecule has 0 aliphatic heterocycles. The van der Waals surface area contributed by atoms with E-state index in [1.165, 1.54) is 0 Å². The number of aliphatic carboxylic acids is 1. The molecular weight excluding hydrogens is 140 g/mol. The van der Waals surface area contributed by atoms with Crippen molar-refractivity contribution >= 4 is 5.97 Å². The van der Waals surface area contributed by atoms with Gasteiger partial charge in [0.1, 0.15) is 0 Å². The van der Waals surface area contributed by atoms with Crippen LogP contribution in [0.3, 0.4) is 0 Å². The van der Waals surface area contributed by atoms with Crippen LogP contribution in [0.2, 0.25) is 0 Å². The van der Waals surface area contributed by atoms with Crippen molar-refractivity contribution in [3.63, 3.8) is 0 Å². The van der Waals surface area contributed by atoms with E-state index in [0.717, 1.165) is 12.8 Å². The molecule has 0 aromatic rings. The molecule has 0 spiro atoms. The van der Waals surface area contributed by atoms with Gasteiger partial charge in [-0.15, -0.1) is 0 Å². The molecule has 4 aliphatic rings. The van der Waals surface area contributed by atoms with E-state index in [2.05, 4.69) is 12.2 Å². The number of carboxylic acid groups (broad SMARTS) is 1. The van der Waals surface area contributed by atoms with Crippen molar-refractivity contribution in [3.05, 3.63) is 12.2 Å². The van der Waals surface area contributed by atoms with Crippen molar-refractivity contribution in [2.24, 2.45) is 23.2 Å². The molecule has 2 nitrogen and oxygen atoms in total. The zero-order valence-electron chi connectivity index (χ0n) is 6.16. The summed E-state index contributed by atoms with van der Waals surface area (Å²) in [4.78, 5) is 10.9. The minimum absolute atomic E-state index is 0.292. The van der Waals surface area contributed by atoms with Gasteiger partial charge >= 0.3 is 5.97 Å². The van der Waals surface area contributed by atoms with Crippen LogP contribution in [0.4, 0.5) is 0 Å². The average molecular weight is 150 g/mol. The van der Waals surface area contributed by atoms with Gasteiger partial charge in [0.05, 0.1) is 5.41 Å². The van der Waals surface area contributed by atoms with Gasteiger partial charge in [-0.1, -0.05) is 12.2 Å². The van der Waals surface area contributed by atoms with Crippen LogP contribution in [0, 0.1) is 23.2 Å². The Morgan fingerprint density at radius 1 is 1.55 bits per heavy atom. The minimum atomic E-state index is -0.556. The molecule has 0 radical (unpaired) electrons. The van der Waals surface area contributed by atoms with Gasteiger partial charge < -0.3 is 5.11 Å². The second-order valence-corrected chi connectivity index (χ2v) is 4.06. The monoisotopic (exact) mass is 150 g/mol. The summed E-state index contributed by atoms with van der Waals surface area (Å²) in [7, 11) is 0. The summed E-state index contributed by atoms with van der Waals surface area (Å²) in [6.07, 6.45) is 6.37. The Kier molecular flexibility index (Phi) is 0.729. The zero-order chi connectivity index (χ0) is 7.64. The van der Waals surface area contributed by atoms with Crippen molar-refractivity contribution in [1.82, 2.24) is 0 Å². The first-order chi connectivity index (χ1) is 5.25. The average Bonchev–Trinajstić information content (AvgIpc) is 2.52. The summed E-state index contributed by atoms with van der Waals surface area (Å²) in [5.41, 5.74) is -0.292. The Hall–Kier alpha value is -0.790. The Bertz CT molecular complexity index is 269. The van der Waals surface area contributed by atoms with Crippen molar-refractivity contribution < 1.29 is 9.90 Å². The maximum absolute atomic E-state index is 10.9. The first-order valence-corrected chi connectivity index (χ1v) is 4.17. The third-order valence-electron chi connectivity index (χ3n) is 3.73. The smallest absolute Gasteiger partial charge is 0.310 e. The third kappa shape index (κ3) is 0.434. The molecule has 0 aromatic carbocycles. The Morgan fingerprint density at radius 2 is 2.36 bits per heavy atom. The van der Waals surface area contributed by atoms with E-state index in [1.807, 2.05) is 0 Å². The van der Waals surface area contributed by atoms with E-state index in [-0.39, 0.29) is 5.41 Å². The first-order valence-electron chi connectivity index (χ1n) is 4.17. The summed E-state index contributed by atoms with van der Waals surface area (Å²) in [5.74, 6) is 0.917. The highest BCUT2D eigenvalue weighted by Crippen LogP contribution is 2.73. The van der Waals surface area contributed by atoms with Crippen LogP contribution in [0.15, 0.2) is 12.2 Å². The number of carbonyl (C=O) groups is 1. The number of hydrogen-bond donors (Lipinski definition) is 1. The summed E-state index contributed by atoms with van der Waals surface area (Å²) in [6, 6.07) is 0. The Balaban J connectivity index is 2.08. The van der Waals surface area contributed by atoms with Gasteiger partial charge in [0.15, 0.2) is 0 Å². The van der Waals surface area contributed by atoms with Gasteiger partial charge in [-0.25, -0.2) is 0 Å². The molecule has 0 unspecified atom stereocenters. The molecule has 2 fully saturated rings. The van der Waals surface area contributed by atoms with Crippen molar-refractivity contribution in [3.8, 4) is 0 Å². The summed E-state index contributed by atoms with van der Waals surface area (Å²) in [6.45, 7) is 0. The molecule has 4 bridgehead atoms. The maximum Gasteiger partial charge on any atom is 0.310 e. The highest BCUT2D eigenvalue weighted by atomic mass is 16.4. The molecule has 58 valence electrons. The number of carboxylic acids is 1. The third-order valence-corrected chi connectivity index (χ3v) is 3.73. The first kappa shape index (κ1) is 5.81. The van der Waals surface area contributed by atoms with E-state index >= 15 is 0 Å². The van der Waals surface area contributed by atoms with Crippen LogP contribution in [0.5, 0.6) is 0 Å². The minimum Gasteiger partial charge on any atom is -0.481 e. The normalized spacial score (nSPS) is 56.2. The second kappa shape index (κ2) is 1.38. The topological polar surface area (TPSA) is 37.3 Å². The molecule has 0 aromatic heterocycles. The molecule has 4 rings (SSSR count). The van der Waals surface area contributed by atoms with E-state index in [0.29, 0.717) is 17.8 Å². The lowest BCUT2D eigenvalue weighted by atomic mass is 9.87. The predicted octanol–water partition coefficient (Wildman–Crippen LogP) is 1.28. The molecule has 11 heavy (non-hydrogen) atoms. The fourth-order valence-corrected chi connectivity index (χ4v) is 3.16. The SMILES string of the molecule is O=C(O)[C@@]12C[C@@H]3C=C[C@H]1[C@@H]2C3. The zero-order valence-corrected chi connectivity index (χ0v) is 6.16. The standard InChI is InChI=1S/C9H10O2/c10-8(11)9-4-5-1-2-6(9)7(9)3-5/h1-2,5-7H,3-4H2,(H,10,11)/t5-,6+,7+,9+/m1/s1. The summed E-state index contributed by atoms with van der Waals surface area (Å²) in [5, 5.41) is 9.00. The van der Waals surface area contributed by atoms with E-state index in [1.54, 1.807) is 0 Å². The Morgan fingerprint density at radius 3 is 2.64 bits per heavy atom. The molecule has 0 amide bonds. The van der Waals surface area contributed by atoms with Gasteiger partial charge in [0.2, 0.25) is 0 Å². The molecule has 2 saturated carbocycles. The summed E-state index contributed by atoms with van der Waals surface area (Å²) >= 11 is 0. The highest BCUT2D eigenvalue weighted by molar-refractivity contribution is 5.81. The lowest BCUT2D eigenvalue weighted by Crippen LogP contribution is -2.19. The lowest BCUT2D eigenvalue weighted by molar-refractivity contribution is -0.144. The fraction of sp³-hybridized carbons (Fsp3) is 0.667. The van der Waals surface area contributed by atoms with Gasteiger partial charge in [-0.2, -0.15) is 0 Å². The van der Waals surface area contributed by atoms with Gasteiger partial charge in [0, 0.05) is 0 Å². The van der Waals surface area contributed by atoms with Gasteiger partial charge in [0.25, 0.3) is 0 Å².